The van der Waals surface area contributed by atoms with Gasteiger partial charge in [0.15, 0.2) is 0 Å². The van der Waals surface area contributed by atoms with Gasteiger partial charge in [-0.25, -0.2) is 13.1 Å². The summed E-state index contributed by atoms with van der Waals surface area (Å²) in [6.45, 7) is 7.21. The lowest BCUT2D eigenvalue weighted by molar-refractivity contribution is -0.116. The van der Waals surface area contributed by atoms with Gasteiger partial charge in [0.05, 0.1) is 4.90 Å². The average molecular weight is 421 g/mol. The highest BCUT2D eigenvalue weighted by molar-refractivity contribution is 7.89. The third kappa shape index (κ3) is 6.19. The normalized spacial score (nSPS) is 12.7. The van der Waals surface area contributed by atoms with E-state index >= 15 is 0 Å². The fraction of sp³-hybridized carbons (Fsp3) is 0.286. The largest absolute Gasteiger partial charge is 0.348 e. The number of benzene rings is 2. The maximum atomic E-state index is 12.7. The van der Waals surface area contributed by atoms with Crippen LogP contribution in [0.3, 0.4) is 0 Å². The lowest BCUT2D eigenvalue weighted by Gasteiger charge is -2.21. The number of sulfonamides is 1. The zero-order valence-corrected chi connectivity index (χ0v) is 18.0. The van der Waals surface area contributed by atoms with E-state index in [4.69, 9.17) is 11.6 Å². The average Bonchev–Trinajstić information content (AvgIpc) is 2.58. The fourth-order valence-electron chi connectivity index (χ4n) is 2.66. The molecule has 150 valence electrons. The number of nitrogens with one attached hydrogen (secondary N) is 2. The standard InChI is InChI=1S/C21H25ClN2O3S/c1-15(17-10-6-7-11-18(17)22)13-20(25)23-14-16-9-5-8-12-19(16)28(26,27)24-21(2,3)4/h5-13,24H,14H2,1-4H3,(H,23,25)/b15-13-. The van der Waals surface area contributed by atoms with Gasteiger partial charge >= 0.3 is 0 Å². The Labute approximate surface area is 171 Å². The Morgan fingerprint density at radius 3 is 2.32 bits per heavy atom. The molecule has 2 aromatic rings. The van der Waals surface area contributed by atoms with Crippen molar-refractivity contribution in [1.82, 2.24) is 10.0 Å². The molecule has 0 aliphatic rings. The van der Waals surface area contributed by atoms with E-state index in [1.807, 2.05) is 18.2 Å². The molecule has 2 rings (SSSR count). The minimum Gasteiger partial charge on any atom is -0.348 e. The molecule has 0 unspecified atom stereocenters. The molecular formula is C21H25ClN2O3S. The third-order valence-electron chi connectivity index (χ3n) is 3.80. The second-order valence-electron chi connectivity index (χ2n) is 7.49. The minimum absolute atomic E-state index is 0.0896. The molecule has 0 saturated heterocycles. The van der Waals surface area contributed by atoms with Crippen molar-refractivity contribution in [2.75, 3.05) is 0 Å². The first-order valence-corrected chi connectivity index (χ1v) is 10.7. The Morgan fingerprint density at radius 1 is 1.07 bits per heavy atom. The number of hydrogen-bond donors (Lipinski definition) is 2. The van der Waals surface area contributed by atoms with Gasteiger partial charge in [0.1, 0.15) is 0 Å². The van der Waals surface area contributed by atoms with Crippen LogP contribution in [-0.2, 0) is 21.4 Å². The van der Waals surface area contributed by atoms with Crippen LogP contribution in [0.5, 0.6) is 0 Å². The Bertz CT molecular complexity index is 993. The molecule has 5 nitrogen and oxygen atoms in total. The predicted octanol–water partition coefficient (Wildman–Crippen LogP) is 4.14. The quantitative estimate of drug-likeness (QED) is 0.689. The predicted molar refractivity (Wildman–Crippen MR) is 113 cm³/mol. The van der Waals surface area contributed by atoms with Crippen LogP contribution in [0.4, 0.5) is 0 Å². The van der Waals surface area contributed by atoms with Crippen LogP contribution in [-0.4, -0.2) is 19.9 Å². The van der Waals surface area contributed by atoms with Crippen molar-refractivity contribution in [3.05, 3.63) is 70.8 Å². The van der Waals surface area contributed by atoms with Gasteiger partial charge in [-0.2, -0.15) is 0 Å². The van der Waals surface area contributed by atoms with Crippen LogP contribution in [0.15, 0.2) is 59.5 Å². The van der Waals surface area contributed by atoms with Crippen LogP contribution >= 0.6 is 11.6 Å². The number of carbonyl (C=O) groups is 1. The second kappa shape index (κ2) is 8.90. The van der Waals surface area contributed by atoms with E-state index < -0.39 is 15.6 Å². The summed E-state index contributed by atoms with van der Waals surface area (Å²) in [6, 6.07) is 13.9. The molecule has 0 radical (unpaired) electrons. The van der Waals surface area contributed by atoms with Crippen molar-refractivity contribution >= 4 is 33.1 Å². The molecule has 2 aromatic carbocycles. The molecule has 0 fully saturated rings. The lowest BCUT2D eigenvalue weighted by Crippen LogP contribution is -2.41. The number of carbonyl (C=O) groups excluding carboxylic acids is 1. The highest BCUT2D eigenvalue weighted by Gasteiger charge is 2.24. The molecule has 0 spiro atoms. The minimum atomic E-state index is -3.70. The number of amides is 1. The molecular weight excluding hydrogens is 396 g/mol. The molecule has 0 aliphatic carbocycles. The summed E-state index contributed by atoms with van der Waals surface area (Å²) in [5, 5.41) is 3.31. The zero-order valence-electron chi connectivity index (χ0n) is 16.4. The van der Waals surface area contributed by atoms with Gasteiger partial charge in [0.25, 0.3) is 0 Å². The smallest absolute Gasteiger partial charge is 0.244 e. The van der Waals surface area contributed by atoms with E-state index in [1.165, 1.54) is 12.1 Å². The number of hydrogen-bond acceptors (Lipinski definition) is 3. The van der Waals surface area contributed by atoms with Crippen LogP contribution in [0, 0.1) is 0 Å². The van der Waals surface area contributed by atoms with Gasteiger partial charge in [-0.05, 0) is 56.5 Å². The van der Waals surface area contributed by atoms with Crippen molar-refractivity contribution in [3.8, 4) is 0 Å². The van der Waals surface area contributed by atoms with Crippen molar-refractivity contribution in [2.24, 2.45) is 0 Å². The van der Waals surface area contributed by atoms with E-state index in [0.717, 1.165) is 11.1 Å². The summed E-state index contributed by atoms with van der Waals surface area (Å²) in [6.07, 6.45) is 1.45. The first-order valence-electron chi connectivity index (χ1n) is 8.82. The van der Waals surface area contributed by atoms with Crippen LogP contribution in [0.2, 0.25) is 5.02 Å². The first-order chi connectivity index (χ1) is 13.0. The molecule has 0 atom stereocenters. The molecule has 0 heterocycles. The maximum absolute atomic E-state index is 12.7. The molecule has 0 aromatic heterocycles. The van der Waals surface area contributed by atoms with E-state index in [1.54, 1.807) is 52.0 Å². The Balaban J connectivity index is 2.16. The van der Waals surface area contributed by atoms with Crippen LogP contribution in [0.1, 0.15) is 38.8 Å². The first kappa shape index (κ1) is 22.1. The van der Waals surface area contributed by atoms with Gasteiger partial charge < -0.3 is 5.32 Å². The highest BCUT2D eigenvalue weighted by atomic mass is 35.5. The van der Waals surface area contributed by atoms with Gasteiger partial charge in [-0.15, -0.1) is 0 Å². The number of halogens is 1. The van der Waals surface area contributed by atoms with Gasteiger partial charge in [0.2, 0.25) is 15.9 Å². The summed E-state index contributed by atoms with van der Waals surface area (Å²) >= 11 is 6.15. The molecule has 0 saturated carbocycles. The van der Waals surface area contributed by atoms with Gasteiger partial charge in [-0.1, -0.05) is 48.0 Å². The van der Waals surface area contributed by atoms with Gasteiger partial charge in [0, 0.05) is 23.2 Å². The molecule has 0 aliphatic heterocycles. The van der Waals surface area contributed by atoms with Crippen molar-refractivity contribution in [1.29, 1.82) is 0 Å². The number of allylic oxidation sites excluding steroid dienone is 1. The van der Waals surface area contributed by atoms with Crippen LogP contribution in [0.25, 0.3) is 5.57 Å². The van der Waals surface area contributed by atoms with Gasteiger partial charge in [-0.3, -0.25) is 4.79 Å². The molecule has 0 bridgehead atoms. The van der Waals surface area contributed by atoms with Crippen molar-refractivity contribution < 1.29 is 13.2 Å². The summed E-state index contributed by atoms with van der Waals surface area (Å²) in [7, 11) is -3.70. The fourth-order valence-corrected chi connectivity index (χ4v) is 4.60. The topological polar surface area (TPSA) is 75.3 Å². The Hall–Kier alpha value is -2.15. The highest BCUT2D eigenvalue weighted by Crippen LogP contribution is 2.23. The molecule has 1 amide bonds. The molecule has 7 heteroatoms. The monoisotopic (exact) mass is 420 g/mol. The SMILES string of the molecule is C/C(=C/C(=O)NCc1ccccc1S(=O)(=O)NC(C)(C)C)c1ccccc1Cl. The Kier molecular flexibility index (Phi) is 7.04. The number of rotatable bonds is 6. The summed E-state index contributed by atoms with van der Waals surface area (Å²) in [4.78, 5) is 12.5. The molecule has 28 heavy (non-hydrogen) atoms. The van der Waals surface area contributed by atoms with E-state index in [9.17, 15) is 13.2 Å². The maximum Gasteiger partial charge on any atom is 0.244 e. The van der Waals surface area contributed by atoms with Crippen molar-refractivity contribution in [2.45, 2.75) is 44.7 Å². The second-order valence-corrected chi connectivity index (χ2v) is 9.55. The summed E-state index contributed by atoms with van der Waals surface area (Å²) in [5.41, 5.74) is 1.40. The van der Waals surface area contributed by atoms with Crippen LogP contribution < -0.4 is 10.0 Å². The summed E-state index contributed by atoms with van der Waals surface area (Å²) in [5.74, 6) is -0.326. The van der Waals surface area contributed by atoms with E-state index in [0.29, 0.717) is 10.6 Å². The zero-order chi connectivity index (χ0) is 20.9. The summed E-state index contributed by atoms with van der Waals surface area (Å²) < 4.78 is 28.0. The van der Waals surface area contributed by atoms with E-state index in [-0.39, 0.29) is 17.3 Å². The van der Waals surface area contributed by atoms with E-state index in [2.05, 4.69) is 10.0 Å². The Morgan fingerprint density at radius 2 is 1.68 bits per heavy atom. The lowest BCUT2D eigenvalue weighted by atomic mass is 10.1. The van der Waals surface area contributed by atoms with Crippen molar-refractivity contribution in [3.63, 3.8) is 0 Å². The molecule has 2 N–H and O–H groups in total. The third-order valence-corrected chi connectivity index (χ3v) is 5.99.